The van der Waals surface area contributed by atoms with Crippen molar-refractivity contribution in [3.8, 4) is 11.5 Å². The van der Waals surface area contributed by atoms with Crippen LogP contribution >= 0.6 is 0 Å². The van der Waals surface area contributed by atoms with Crippen molar-refractivity contribution in [3.05, 3.63) is 29.8 Å². The van der Waals surface area contributed by atoms with E-state index in [-0.39, 0.29) is 17.3 Å². The summed E-state index contributed by atoms with van der Waals surface area (Å²) < 4.78 is 0. The molecule has 0 spiro atoms. The Morgan fingerprint density at radius 1 is 1.29 bits per heavy atom. The van der Waals surface area contributed by atoms with Crippen LogP contribution in [-0.2, 0) is 4.79 Å². The van der Waals surface area contributed by atoms with Crippen LogP contribution in [0.15, 0.2) is 24.3 Å². The van der Waals surface area contributed by atoms with Crippen LogP contribution in [0, 0.1) is 0 Å². The fourth-order valence-corrected chi connectivity index (χ4v) is 1.49. The second-order valence-corrected chi connectivity index (χ2v) is 4.00. The zero-order chi connectivity index (χ0) is 12.7. The molecule has 0 aliphatic carbocycles. The second kappa shape index (κ2) is 6.74. The van der Waals surface area contributed by atoms with Gasteiger partial charge in [-0.15, -0.1) is 0 Å². The molecule has 1 rings (SSSR count). The number of hydrogen-bond donors (Lipinski definition) is 2. The molecule has 0 heterocycles. The molecule has 0 radical (unpaired) electrons. The first-order valence-corrected chi connectivity index (χ1v) is 5.86. The maximum atomic E-state index is 11.5. The molecule has 3 nitrogen and oxygen atoms in total. The molecule has 0 bridgehead atoms. The number of rotatable bonds is 6. The molecule has 3 heteroatoms. The van der Waals surface area contributed by atoms with Crippen LogP contribution in [0.1, 0.15) is 38.2 Å². The molecule has 1 aromatic rings. The van der Waals surface area contributed by atoms with Gasteiger partial charge in [0.05, 0.1) is 0 Å². The SMILES string of the molecule is CCCCCC(=O)/C=C/c1ccc(O)cc1O. The summed E-state index contributed by atoms with van der Waals surface area (Å²) in [5, 5.41) is 18.6. The highest BCUT2D eigenvalue weighted by atomic mass is 16.3. The van der Waals surface area contributed by atoms with E-state index in [1.165, 1.54) is 18.2 Å². The highest BCUT2D eigenvalue weighted by Gasteiger charge is 2.00. The summed E-state index contributed by atoms with van der Waals surface area (Å²) in [6, 6.07) is 4.29. The fourth-order valence-electron chi connectivity index (χ4n) is 1.49. The molecular formula is C14H18O3. The third-order valence-electron chi connectivity index (χ3n) is 2.49. The number of hydrogen-bond acceptors (Lipinski definition) is 3. The van der Waals surface area contributed by atoms with Crippen molar-refractivity contribution in [1.29, 1.82) is 0 Å². The number of ketones is 1. The quantitative estimate of drug-likeness (QED) is 0.586. The predicted molar refractivity (Wildman–Crippen MR) is 68.0 cm³/mol. The molecule has 1 aromatic carbocycles. The summed E-state index contributed by atoms with van der Waals surface area (Å²) in [6.45, 7) is 2.09. The molecule has 92 valence electrons. The first-order valence-electron chi connectivity index (χ1n) is 5.86. The van der Waals surface area contributed by atoms with Crippen molar-refractivity contribution in [3.63, 3.8) is 0 Å². The Labute approximate surface area is 101 Å². The van der Waals surface area contributed by atoms with Crippen molar-refractivity contribution in [2.45, 2.75) is 32.6 Å². The Bertz CT molecular complexity index is 408. The zero-order valence-corrected chi connectivity index (χ0v) is 10.0. The Morgan fingerprint density at radius 3 is 2.71 bits per heavy atom. The van der Waals surface area contributed by atoms with E-state index in [9.17, 15) is 9.90 Å². The van der Waals surface area contributed by atoms with Gasteiger partial charge in [-0.1, -0.05) is 19.8 Å². The lowest BCUT2D eigenvalue weighted by molar-refractivity contribution is -0.114. The van der Waals surface area contributed by atoms with Gasteiger partial charge in [-0.2, -0.15) is 0 Å². The molecule has 17 heavy (non-hydrogen) atoms. The monoisotopic (exact) mass is 234 g/mol. The molecule has 0 unspecified atom stereocenters. The Kier molecular flexibility index (Phi) is 5.27. The minimum atomic E-state index is -0.0254. The van der Waals surface area contributed by atoms with Crippen LogP contribution in [0.5, 0.6) is 11.5 Å². The van der Waals surface area contributed by atoms with Gasteiger partial charge in [0, 0.05) is 18.1 Å². The van der Waals surface area contributed by atoms with Gasteiger partial charge in [0.25, 0.3) is 0 Å². The van der Waals surface area contributed by atoms with Gasteiger partial charge in [0.15, 0.2) is 5.78 Å². The molecule has 2 N–H and O–H groups in total. The van der Waals surface area contributed by atoms with E-state index in [0.29, 0.717) is 12.0 Å². The lowest BCUT2D eigenvalue weighted by Crippen LogP contribution is -1.91. The van der Waals surface area contributed by atoms with Crippen LogP contribution < -0.4 is 0 Å². The van der Waals surface area contributed by atoms with Gasteiger partial charge < -0.3 is 10.2 Å². The van der Waals surface area contributed by atoms with Crippen LogP contribution in [-0.4, -0.2) is 16.0 Å². The standard InChI is InChI=1S/C14H18O3/c1-2-3-4-5-12(15)8-6-11-7-9-13(16)10-14(11)17/h6-10,16-17H,2-5H2,1H3/b8-6+. The number of aromatic hydroxyl groups is 2. The average Bonchev–Trinajstić information content (AvgIpc) is 2.28. The third-order valence-corrected chi connectivity index (χ3v) is 2.49. The minimum Gasteiger partial charge on any atom is -0.508 e. The van der Waals surface area contributed by atoms with Gasteiger partial charge in [-0.3, -0.25) is 4.79 Å². The van der Waals surface area contributed by atoms with Gasteiger partial charge in [-0.25, -0.2) is 0 Å². The van der Waals surface area contributed by atoms with E-state index in [2.05, 4.69) is 6.92 Å². The smallest absolute Gasteiger partial charge is 0.155 e. The van der Waals surface area contributed by atoms with Gasteiger partial charge in [-0.05, 0) is 30.7 Å². The van der Waals surface area contributed by atoms with E-state index in [1.54, 1.807) is 12.1 Å². The zero-order valence-electron chi connectivity index (χ0n) is 10.0. The first-order chi connectivity index (χ1) is 8.13. The summed E-state index contributed by atoms with van der Waals surface area (Å²) in [6.07, 6.45) is 6.65. The first kappa shape index (κ1) is 13.3. The molecule has 0 aliphatic heterocycles. The van der Waals surface area contributed by atoms with E-state index in [0.717, 1.165) is 19.3 Å². The number of phenolic OH excluding ortho intramolecular Hbond substituents is 2. The molecule has 0 fully saturated rings. The van der Waals surface area contributed by atoms with E-state index in [4.69, 9.17) is 5.11 Å². The van der Waals surface area contributed by atoms with Crippen LogP contribution in [0.4, 0.5) is 0 Å². The van der Waals surface area contributed by atoms with Crippen molar-refractivity contribution >= 4 is 11.9 Å². The topological polar surface area (TPSA) is 57.5 Å². The third kappa shape index (κ3) is 4.72. The van der Waals surface area contributed by atoms with Crippen molar-refractivity contribution < 1.29 is 15.0 Å². The largest absolute Gasteiger partial charge is 0.508 e. The maximum Gasteiger partial charge on any atom is 0.155 e. The number of carbonyl (C=O) groups is 1. The van der Waals surface area contributed by atoms with Crippen molar-refractivity contribution in [1.82, 2.24) is 0 Å². The van der Waals surface area contributed by atoms with E-state index >= 15 is 0 Å². The minimum absolute atomic E-state index is 0.00826. The fraction of sp³-hybridized carbons (Fsp3) is 0.357. The molecular weight excluding hydrogens is 216 g/mol. The normalized spacial score (nSPS) is 10.9. The summed E-state index contributed by atoms with van der Waals surface area (Å²) in [7, 11) is 0. The molecule has 0 atom stereocenters. The van der Waals surface area contributed by atoms with Gasteiger partial charge in [0.1, 0.15) is 11.5 Å². The van der Waals surface area contributed by atoms with Crippen molar-refractivity contribution in [2.75, 3.05) is 0 Å². The molecule has 0 amide bonds. The van der Waals surface area contributed by atoms with E-state index in [1.807, 2.05) is 0 Å². The molecule has 0 saturated heterocycles. The van der Waals surface area contributed by atoms with Gasteiger partial charge in [0.2, 0.25) is 0 Å². The Morgan fingerprint density at radius 2 is 2.06 bits per heavy atom. The number of benzene rings is 1. The van der Waals surface area contributed by atoms with E-state index < -0.39 is 0 Å². The molecule has 0 aliphatic rings. The highest BCUT2D eigenvalue weighted by molar-refractivity contribution is 5.93. The van der Waals surface area contributed by atoms with Crippen LogP contribution in [0.25, 0.3) is 6.08 Å². The number of carbonyl (C=O) groups excluding carboxylic acids is 1. The van der Waals surface area contributed by atoms with Gasteiger partial charge >= 0.3 is 0 Å². The highest BCUT2D eigenvalue weighted by Crippen LogP contribution is 2.23. The molecule has 0 aromatic heterocycles. The summed E-state index contributed by atoms with van der Waals surface area (Å²) in [5.41, 5.74) is 0.534. The summed E-state index contributed by atoms with van der Waals surface area (Å²) >= 11 is 0. The van der Waals surface area contributed by atoms with Crippen LogP contribution in [0.2, 0.25) is 0 Å². The predicted octanol–water partition coefficient (Wildman–Crippen LogP) is 3.26. The summed E-state index contributed by atoms with van der Waals surface area (Å²) in [5.74, 6) is 0.0439. The maximum absolute atomic E-state index is 11.5. The number of unbranched alkanes of at least 4 members (excludes halogenated alkanes) is 2. The van der Waals surface area contributed by atoms with Crippen LogP contribution in [0.3, 0.4) is 0 Å². The second-order valence-electron chi connectivity index (χ2n) is 4.00. The lowest BCUT2D eigenvalue weighted by Gasteiger charge is -1.99. The van der Waals surface area contributed by atoms with Crippen molar-refractivity contribution in [2.24, 2.45) is 0 Å². The summed E-state index contributed by atoms with van der Waals surface area (Å²) in [4.78, 5) is 11.5. The molecule has 0 saturated carbocycles. The number of allylic oxidation sites excluding steroid dienone is 1. The lowest BCUT2D eigenvalue weighted by atomic mass is 10.1. The average molecular weight is 234 g/mol. The Balaban J connectivity index is 2.55. The number of phenols is 2. The Hall–Kier alpha value is -1.77.